The van der Waals surface area contributed by atoms with Gasteiger partial charge in [0.25, 0.3) is 0 Å². The van der Waals surface area contributed by atoms with Gasteiger partial charge in [0, 0.05) is 7.11 Å². The van der Waals surface area contributed by atoms with Crippen LogP contribution in [0, 0.1) is 10.8 Å². The van der Waals surface area contributed by atoms with Gasteiger partial charge >= 0.3 is 0 Å². The van der Waals surface area contributed by atoms with E-state index in [4.69, 9.17) is 14.2 Å². The first-order chi connectivity index (χ1) is 24.2. The van der Waals surface area contributed by atoms with Crippen molar-refractivity contribution < 1.29 is 14.2 Å². The van der Waals surface area contributed by atoms with Crippen molar-refractivity contribution in [3.8, 4) is 0 Å². The van der Waals surface area contributed by atoms with E-state index in [1.807, 2.05) is 0 Å². The van der Waals surface area contributed by atoms with Gasteiger partial charge in [0.05, 0.1) is 30.5 Å². The molecule has 0 aliphatic rings. The number of hydrogen-bond acceptors (Lipinski definition) is 3. The molecule has 0 unspecified atom stereocenters. The Morgan fingerprint density at radius 3 is 1.16 bits per heavy atom. The van der Waals surface area contributed by atoms with Crippen LogP contribution < -0.4 is 0 Å². The second kappa shape index (κ2) is 31.1. The Labute approximate surface area is 323 Å². The third-order valence-electron chi connectivity index (χ3n) is 11.6. The lowest BCUT2D eigenvalue weighted by Crippen LogP contribution is -2.33. The fourth-order valence-corrected chi connectivity index (χ4v) is 7.90. The van der Waals surface area contributed by atoms with Crippen molar-refractivity contribution >= 4 is 0 Å². The highest BCUT2D eigenvalue weighted by Gasteiger charge is 2.32. The van der Waals surface area contributed by atoms with Crippen LogP contribution in [0.2, 0.25) is 0 Å². The van der Waals surface area contributed by atoms with Crippen LogP contribution in [0.3, 0.4) is 0 Å². The third-order valence-corrected chi connectivity index (χ3v) is 11.6. The Balaban J connectivity index is 4.67. The first kappa shape index (κ1) is 50.9. The van der Waals surface area contributed by atoms with Gasteiger partial charge in [0.2, 0.25) is 0 Å². The van der Waals surface area contributed by atoms with E-state index in [1.54, 1.807) is 7.11 Å². The second-order valence-electron chi connectivity index (χ2n) is 19.6. The average molecular weight is 723 g/mol. The lowest BCUT2D eigenvalue weighted by atomic mass is 9.72. The summed E-state index contributed by atoms with van der Waals surface area (Å²) in [5.74, 6) is 0. The molecule has 0 saturated carbocycles. The maximum atomic E-state index is 6.86. The predicted octanol–water partition coefficient (Wildman–Crippen LogP) is 16.4. The molecule has 308 valence electrons. The van der Waals surface area contributed by atoms with Crippen LogP contribution in [-0.4, -0.2) is 37.6 Å². The van der Waals surface area contributed by atoms with Crippen molar-refractivity contribution in [2.45, 2.75) is 279 Å². The molecular formula is C48H98O3. The molecule has 0 spiro atoms. The van der Waals surface area contributed by atoms with Crippen LogP contribution in [0.1, 0.15) is 262 Å². The summed E-state index contributed by atoms with van der Waals surface area (Å²) in [4.78, 5) is 0. The molecule has 51 heavy (non-hydrogen) atoms. The molecule has 3 heteroatoms. The normalized spacial score (nSPS) is 13.2. The molecule has 3 nitrogen and oxygen atoms in total. The zero-order chi connectivity index (χ0) is 38.3. The van der Waals surface area contributed by atoms with Gasteiger partial charge in [-0.2, -0.15) is 0 Å². The molecule has 0 bridgehead atoms. The number of rotatable bonds is 39. The van der Waals surface area contributed by atoms with E-state index in [1.165, 1.54) is 173 Å². The van der Waals surface area contributed by atoms with Crippen molar-refractivity contribution in [1.82, 2.24) is 0 Å². The minimum atomic E-state index is -0.128. The quantitative estimate of drug-likeness (QED) is 0.0591. The Kier molecular flexibility index (Phi) is 31.1. The predicted molar refractivity (Wildman–Crippen MR) is 228 cm³/mol. The SMILES string of the molecule is CCCCCCCCCCCCCCC(CCCCCCCCCCCCCC)OCC(C)(C)CC(C)(C)CCC(C)(C)OCCC(C)(C)OC. The van der Waals surface area contributed by atoms with Crippen molar-refractivity contribution in [2.75, 3.05) is 20.3 Å². The van der Waals surface area contributed by atoms with Gasteiger partial charge in [-0.15, -0.1) is 0 Å². The van der Waals surface area contributed by atoms with Gasteiger partial charge in [0.15, 0.2) is 0 Å². The lowest BCUT2D eigenvalue weighted by molar-refractivity contribution is -0.0674. The summed E-state index contributed by atoms with van der Waals surface area (Å²) in [6, 6.07) is 0. The molecule has 0 atom stereocenters. The van der Waals surface area contributed by atoms with Crippen LogP contribution in [0.25, 0.3) is 0 Å². The Morgan fingerprint density at radius 1 is 0.412 bits per heavy atom. The number of unbranched alkanes of at least 4 members (excludes halogenated alkanes) is 22. The van der Waals surface area contributed by atoms with E-state index in [-0.39, 0.29) is 22.0 Å². The van der Waals surface area contributed by atoms with E-state index in [0.717, 1.165) is 32.5 Å². The molecule has 0 fully saturated rings. The molecule has 0 saturated heterocycles. The lowest BCUT2D eigenvalue weighted by Gasteiger charge is -2.38. The van der Waals surface area contributed by atoms with E-state index >= 15 is 0 Å². The molecular weight excluding hydrogens is 625 g/mol. The summed E-state index contributed by atoms with van der Waals surface area (Å²) < 4.78 is 18.8. The summed E-state index contributed by atoms with van der Waals surface area (Å²) in [6.07, 6.45) is 41.2. The van der Waals surface area contributed by atoms with Crippen LogP contribution >= 0.6 is 0 Å². The highest BCUT2D eigenvalue weighted by Crippen LogP contribution is 2.39. The van der Waals surface area contributed by atoms with Gasteiger partial charge in [-0.25, -0.2) is 0 Å². The molecule has 0 aliphatic carbocycles. The van der Waals surface area contributed by atoms with Gasteiger partial charge < -0.3 is 14.2 Å². The smallest absolute Gasteiger partial charge is 0.0644 e. The van der Waals surface area contributed by atoms with E-state index in [9.17, 15) is 0 Å². The summed E-state index contributed by atoms with van der Waals surface area (Å²) in [7, 11) is 1.79. The van der Waals surface area contributed by atoms with Crippen molar-refractivity contribution in [3.63, 3.8) is 0 Å². The molecule has 0 rings (SSSR count). The van der Waals surface area contributed by atoms with Crippen LogP contribution in [0.4, 0.5) is 0 Å². The zero-order valence-electron chi connectivity index (χ0n) is 37.4. The average Bonchev–Trinajstić information content (AvgIpc) is 3.06. The minimum absolute atomic E-state index is 0.116. The molecule has 0 aromatic heterocycles. The van der Waals surface area contributed by atoms with E-state index < -0.39 is 0 Å². The monoisotopic (exact) mass is 723 g/mol. The topological polar surface area (TPSA) is 27.7 Å². The molecule has 0 aromatic carbocycles. The van der Waals surface area contributed by atoms with E-state index in [0.29, 0.717) is 6.10 Å². The standard InChI is InChI=1S/C48H98O3/c1-12-14-16-18-20-22-24-26-28-30-32-34-36-44(37-35-33-31-29-27-25-23-21-19-17-15-13-2)50-43-46(5,6)42-45(3,4)38-39-48(9,10)51-41-40-47(7,8)49-11/h44H,12-43H2,1-11H3. The zero-order valence-corrected chi connectivity index (χ0v) is 37.4. The maximum absolute atomic E-state index is 6.86. The third kappa shape index (κ3) is 34.1. The molecule has 0 aromatic rings. The highest BCUT2D eigenvalue weighted by molar-refractivity contribution is 4.83. The van der Waals surface area contributed by atoms with Crippen molar-refractivity contribution in [2.24, 2.45) is 10.8 Å². The van der Waals surface area contributed by atoms with Gasteiger partial charge in [-0.3, -0.25) is 0 Å². The van der Waals surface area contributed by atoms with Crippen molar-refractivity contribution in [1.29, 1.82) is 0 Å². The Bertz CT molecular complexity index is 711. The molecule has 0 radical (unpaired) electrons. The summed E-state index contributed by atoms with van der Waals surface area (Å²) in [5, 5.41) is 0. The second-order valence-corrected chi connectivity index (χ2v) is 19.6. The first-order valence-corrected chi connectivity index (χ1v) is 23.0. The first-order valence-electron chi connectivity index (χ1n) is 23.0. The van der Waals surface area contributed by atoms with Crippen LogP contribution in [-0.2, 0) is 14.2 Å². The van der Waals surface area contributed by atoms with E-state index in [2.05, 4.69) is 69.2 Å². The Morgan fingerprint density at radius 2 is 0.784 bits per heavy atom. The highest BCUT2D eigenvalue weighted by atomic mass is 16.5. The van der Waals surface area contributed by atoms with Gasteiger partial charge in [-0.1, -0.05) is 196 Å². The summed E-state index contributed by atoms with van der Waals surface area (Å²) >= 11 is 0. The number of ether oxygens (including phenoxy) is 3. The van der Waals surface area contributed by atoms with Gasteiger partial charge in [0.1, 0.15) is 0 Å². The Hall–Kier alpha value is -0.120. The van der Waals surface area contributed by atoms with Crippen molar-refractivity contribution in [3.05, 3.63) is 0 Å². The summed E-state index contributed by atoms with van der Waals surface area (Å²) in [6.45, 7) is 24.8. The fourth-order valence-electron chi connectivity index (χ4n) is 7.90. The fraction of sp³-hybridized carbons (Fsp3) is 1.00. The van der Waals surface area contributed by atoms with Crippen LogP contribution in [0.5, 0.6) is 0 Å². The summed E-state index contributed by atoms with van der Waals surface area (Å²) in [5.41, 5.74) is 0.175. The minimum Gasteiger partial charge on any atom is -0.379 e. The largest absolute Gasteiger partial charge is 0.379 e. The number of methoxy groups -OCH3 is 1. The maximum Gasteiger partial charge on any atom is 0.0644 e. The molecule has 0 aliphatic heterocycles. The molecule has 0 amide bonds. The van der Waals surface area contributed by atoms with Gasteiger partial charge in [-0.05, 0) is 77.0 Å². The molecule has 0 N–H and O–H groups in total. The number of hydrogen-bond donors (Lipinski definition) is 0. The molecule has 0 heterocycles. The van der Waals surface area contributed by atoms with Crippen LogP contribution in [0.15, 0.2) is 0 Å².